The number of rotatable bonds is 3. The lowest BCUT2D eigenvalue weighted by Gasteiger charge is -2.21. The number of hydrogen-bond acceptors (Lipinski definition) is 3. The van der Waals surface area contributed by atoms with Crippen LogP contribution in [0.4, 0.5) is 8.78 Å². The van der Waals surface area contributed by atoms with E-state index >= 15 is 0 Å². The smallest absolute Gasteiger partial charge is 0.286 e. The van der Waals surface area contributed by atoms with Crippen LogP contribution in [0.25, 0.3) is 5.69 Å². The van der Waals surface area contributed by atoms with Crippen LogP contribution < -0.4 is 10.9 Å². The summed E-state index contributed by atoms with van der Waals surface area (Å²) in [5.41, 5.74) is 7.68. The molecule has 0 spiro atoms. The van der Waals surface area contributed by atoms with Gasteiger partial charge in [-0.2, -0.15) is 5.10 Å². The van der Waals surface area contributed by atoms with Crippen molar-refractivity contribution in [3.05, 3.63) is 46.8 Å². The highest BCUT2D eigenvalue weighted by molar-refractivity contribution is 5.94. The third-order valence-electron chi connectivity index (χ3n) is 5.09. The zero-order valence-electron chi connectivity index (χ0n) is 15.1. The minimum absolute atomic E-state index is 0.179. The van der Waals surface area contributed by atoms with Gasteiger partial charge in [-0.05, 0) is 58.1 Å². The van der Waals surface area contributed by atoms with Crippen LogP contribution in [-0.2, 0) is 0 Å². The summed E-state index contributed by atoms with van der Waals surface area (Å²) >= 11 is 0. The standard InChI is InChI=1S/C19H22F2N4O/c1-19(2,3)24-22-18(26)16-15-10-4-5-11(8-10)17(15)25(23-16)14-7-6-12(20)9-13(14)21/h6-7,9-11,24H,4-5,8H2,1-3H3,(H,22,26). The summed E-state index contributed by atoms with van der Waals surface area (Å²) in [4.78, 5) is 12.7. The van der Waals surface area contributed by atoms with Crippen molar-refractivity contribution in [2.45, 2.75) is 57.4 Å². The van der Waals surface area contributed by atoms with Gasteiger partial charge in [0, 0.05) is 23.1 Å². The average molecular weight is 360 g/mol. The van der Waals surface area contributed by atoms with Crippen LogP contribution in [0.3, 0.4) is 0 Å². The van der Waals surface area contributed by atoms with Crippen molar-refractivity contribution in [3.8, 4) is 5.69 Å². The Morgan fingerprint density at radius 2 is 1.96 bits per heavy atom. The summed E-state index contributed by atoms with van der Waals surface area (Å²) in [6.07, 6.45) is 2.98. The Bertz CT molecular complexity index is 884. The molecule has 0 aliphatic heterocycles. The highest BCUT2D eigenvalue weighted by atomic mass is 19.1. The fourth-order valence-electron chi connectivity index (χ4n) is 4.04. The zero-order chi connectivity index (χ0) is 18.6. The third-order valence-corrected chi connectivity index (χ3v) is 5.09. The molecule has 138 valence electrons. The number of fused-ring (bicyclic) bond motifs is 5. The van der Waals surface area contributed by atoms with Crippen molar-refractivity contribution in [1.82, 2.24) is 20.6 Å². The molecule has 2 atom stereocenters. The van der Waals surface area contributed by atoms with Gasteiger partial charge in [-0.3, -0.25) is 10.2 Å². The molecule has 2 aliphatic rings. The first-order valence-electron chi connectivity index (χ1n) is 8.90. The normalized spacial score (nSPS) is 21.1. The van der Waals surface area contributed by atoms with E-state index in [0.717, 1.165) is 36.6 Å². The molecule has 2 N–H and O–H groups in total. The van der Waals surface area contributed by atoms with Crippen LogP contribution in [0.5, 0.6) is 0 Å². The van der Waals surface area contributed by atoms with Gasteiger partial charge in [0.15, 0.2) is 11.5 Å². The summed E-state index contributed by atoms with van der Waals surface area (Å²) in [7, 11) is 0. The van der Waals surface area contributed by atoms with Crippen molar-refractivity contribution in [2.75, 3.05) is 0 Å². The van der Waals surface area contributed by atoms with Crippen molar-refractivity contribution in [3.63, 3.8) is 0 Å². The number of nitrogens with one attached hydrogen (secondary N) is 2. The Kier molecular flexibility index (Phi) is 3.87. The van der Waals surface area contributed by atoms with Gasteiger partial charge in [-0.25, -0.2) is 18.9 Å². The van der Waals surface area contributed by atoms with Gasteiger partial charge >= 0.3 is 0 Å². The van der Waals surface area contributed by atoms with E-state index in [-0.39, 0.29) is 29.0 Å². The fourth-order valence-corrected chi connectivity index (χ4v) is 4.04. The number of hydrogen-bond donors (Lipinski definition) is 2. The summed E-state index contributed by atoms with van der Waals surface area (Å²) in [5.74, 6) is -1.10. The Labute approximate surface area is 150 Å². The first-order valence-corrected chi connectivity index (χ1v) is 8.90. The summed E-state index contributed by atoms with van der Waals surface area (Å²) in [5, 5.41) is 4.44. The van der Waals surface area contributed by atoms with E-state index in [0.29, 0.717) is 5.69 Å². The maximum absolute atomic E-state index is 14.3. The number of hydrazine groups is 1. The molecule has 2 bridgehead atoms. The lowest BCUT2D eigenvalue weighted by atomic mass is 9.95. The lowest BCUT2D eigenvalue weighted by molar-refractivity contribution is 0.0907. The molecule has 2 unspecified atom stereocenters. The van der Waals surface area contributed by atoms with Crippen LogP contribution in [0.1, 0.15) is 73.6 Å². The van der Waals surface area contributed by atoms with Gasteiger partial charge in [-0.1, -0.05) is 0 Å². The molecule has 1 heterocycles. The highest BCUT2D eigenvalue weighted by Gasteiger charge is 2.44. The lowest BCUT2D eigenvalue weighted by Crippen LogP contribution is -2.49. The quantitative estimate of drug-likeness (QED) is 0.823. The molecule has 2 aliphatic carbocycles. The van der Waals surface area contributed by atoms with Crippen LogP contribution in [0.2, 0.25) is 0 Å². The molecule has 1 amide bonds. The van der Waals surface area contributed by atoms with Crippen molar-refractivity contribution in [2.24, 2.45) is 0 Å². The molecule has 1 aromatic carbocycles. The maximum atomic E-state index is 14.3. The van der Waals surface area contributed by atoms with E-state index in [1.165, 1.54) is 16.8 Å². The predicted molar refractivity (Wildman–Crippen MR) is 93.2 cm³/mol. The van der Waals surface area contributed by atoms with Gasteiger partial charge in [0.1, 0.15) is 11.5 Å². The number of aromatic nitrogens is 2. The summed E-state index contributed by atoms with van der Waals surface area (Å²) < 4.78 is 29.1. The number of amides is 1. The molecule has 1 saturated carbocycles. The number of benzene rings is 1. The monoisotopic (exact) mass is 360 g/mol. The maximum Gasteiger partial charge on any atom is 0.286 e. The highest BCUT2D eigenvalue weighted by Crippen LogP contribution is 2.54. The minimum Gasteiger partial charge on any atom is -0.286 e. The van der Waals surface area contributed by atoms with Gasteiger partial charge < -0.3 is 0 Å². The molecule has 1 aromatic heterocycles. The van der Waals surface area contributed by atoms with Crippen LogP contribution in [0, 0.1) is 11.6 Å². The van der Waals surface area contributed by atoms with E-state index in [1.54, 1.807) is 0 Å². The molecule has 7 heteroatoms. The Morgan fingerprint density at radius 3 is 2.65 bits per heavy atom. The predicted octanol–water partition coefficient (Wildman–Crippen LogP) is 3.55. The molecule has 26 heavy (non-hydrogen) atoms. The van der Waals surface area contributed by atoms with E-state index in [4.69, 9.17) is 0 Å². The van der Waals surface area contributed by atoms with E-state index < -0.39 is 11.6 Å². The molecule has 0 radical (unpaired) electrons. The summed E-state index contributed by atoms with van der Waals surface area (Å²) in [6.45, 7) is 5.81. The number of nitrogens with zero attached hydrogens (tertiary/aromatic N) is 2. The van der Waals surface area contributed by atoms with Gasteiger partial charge in [0.05, 0.1) is 5.69 Å². The topological polar surface area (TPSA) is 58.9 Å². The number of carbonyl (C=O) groups is 1. The second-order valence-corrected chi connectivity index (χ2v) is 8.19. The minimum atomic E-state index is -0.683. The van der Waals surface area contributed by atoms with Crippen LogP contribution in [0.15, 0.2) is 18.2 Å². The van der Waals surface area contributed by atoms with E-state index in [9.17, 15) is 13.6 Å². The Balaban J connectivity index is 1.78. The van der Waals surface area contributed by atoms with Crippen molar-refractivity contribution < 1.29 is 13.6 Å². The molecule has 1 fully saturated rings. The first kappa shape index (κ1) is 17.1. The molecule has 5 nitrogen and oxygen atoms in total. The molecular formula is C19H22F2N4O. The second kappa shape index (κ2) is 5.87. The van der Waals surface area contributed by atoms with Crippen LogP contribution in [-0.4, -0.2) is 21.2 Å². The molecule has 2 aromatic rings. The van der Waals surface area contributed by atoms with Crippen molar-refractivity contribution >= 4 is 5.91 Å². The van der Waals surface area contributed by atoms with E-state index in [2.05, 4.69) is 16.0 Å². The molecule has 0 saturated heterocycles. The van der Waals surface area contributed by atoms with Crippen molar-refractivity contribution in [1.29, 1.82) is 0 Å². The third kappa shape index (κ3) is 2.80. The first-order chi connectivity index (χ1) is 12.2. The molecule has 4 rings (SSSR count). The van der Waals surface area contributed by atoms with Gasteiger partial charge in [0.2, 0.25) is 0 Å². The zero-order valence-corrected chi connectivity index (χ0v) is 15.1. The SMILES string of the molecule is CC(C)(C)NNC(=O)c1nn(-c2ccc(F)cc2F)c2c1C1CCC2C1. The number of carbonyl (C=O) groups excluding carboxylic acids is 1. The van der Waals surface area contributed by atoms with Crippen LogP contribution >= 0.6 is 0 Å². The second-order valence-electron chi connectivity index (χ2n) is 8.19. The average Bonchev–Trinajstić information content (AvgIpc) is 3.24. The van der Waals surface area contributed by atoms with Gasteiger partial charge in [0.25, 0.3) is 5.91 Å². The fraction of sp³-hybridized carbons (Fsp3) is 0.474. The molecular weight excluding hydrogens is 338 g/mol. The number of halogens is 2. The largest absolute Gasteiger partial charge is 0.286 e. The Hall–Kier alpha value is -2.28. The Morgan fingerprint density at radius 1 is 1.23 bits per heavy atom. The summed E-state index contributed by atoms with van der Waals surface area (Å²) in [6, 6.07) is 3.43. The van der Waals surface area contributed by atoms with E-state index in [1.807, 2.05) is 20.8 Å². The van der Waals surface area contributed by atoms with Gasteiger partial charge in [-0.15, -0.1) is 0 Å².